The summed E-state index contributed by atoms with van der Waals surface area (Å²) in [6.07, 6.45) is -1.62. The molecule has 0 saturated carbocycles. The Morgan fingerprint density at radius 1 is 0.971 bits per heavy atom. The number of ether oxygens (including phenoxy) is 2. The van der Waals surface area contributed by atoms with Gasteiger partial charge in [0.25, 0.3) is 5.91 Å². The van der Waals surface area contributed by atoms with Gasteiger partial charge < -0.3 is 29.6 Å². The van der Waals surface area contributed by atoms with E-state index in [-0.39, 0.29) is 37.1 Å². The summed E-state index contributed by atoms with van der Waals surface area (Å²) in [7, 11) is 1.35. The summed E-state index contributed by atoms with van der Waals surface area (Å²) < 4.78 is 15.7. The molecule has 1 heterocycles. The number of benzene rings is 2. The average Bonchev–Trinajstić information content (AvgIpc) is 3.45. The van der Waals surface area contributed by atoms with E-state index in [1.165, 1.54) is 19.2 Å². The maximum absolute atomic E-state index is 12.4. The Bertz CT molecular complexity index is 1160. The number of carboxylic acid groups (broad SMARTS) is 1. The smallest absolute Gasteiger partial charge is 0.407 e. The Morgan fingerprint density at radius 3 is 2.21 bits per heavy atom. The minimum Gasteiger partial charge on any atom is -0.475 e. The van der Waals surface area contributed by atoms with Crippen LogP contribution in [0.2, 0.25) is 0 Å². The molecule has 0 spiro atoms. The van der Waals surface area contributed by atoms with E-state index < -0.39 is 24.1 Å². The predicted octanol–water partition coefficient (Wildman–Crippen LogP) is 3.15. The molecule has 0 fully saturated rings. The van der Waals surface area contributed by atoms with Crippen molar-refractivity contribution in [1.29, 1.82) is 0 Å². The number of nitrogens with one attached hydrogen (secondary N) is 2. The largest absolute Gasteiger partial charge is 0.475 e. The van der Waals surface area contributed by atoms with E-state index in [4.69, 9.17) is 19.0 Å². The van der Waals surface area contributed by atoms with Crippen molar-refractivity contribution >= 4 is 18.0 Å². The fourth-order valence-corrected chi connectivity index (χ4v) is 3.98. The molecule has 3 N–H and O–H groups in total. The Labute approximate surface area is 195 Å². The van der Waals surface area contributed by atoms with Gasteiger partial charge in [-0.3, -0.25) is 4.79 Å². The molecule has 9 heteroatoms. The molecule has 9 nitrogen and oxygen atoms in total. The molecule has 2 amide bonds. The molecule has 1 aliphatic carbocycles. The molecular formula is C25H24N2O7. The van der Waals surface area contributed by atoms with Crippen molar-refractivity contribution in [2.24, 2.45) is 0 Å². The summed E-state index contributed by atoms with van der Waals surface area (Å²) in [6.45, 7) is 0.0442. The molecule has 0 bridgehead atoms. The van der Waals surface area contributed by atoms with Crippen molar-refractivity contribution < 1.29 is 33.4 Å². The lowest BCUT2D eigenvalue weighted by Gasteiger charge is -2.17. The molecule has 4 rings (SSSR count). The Hall–Kier alpha value is -4.11. The second-order valence-electron chi connectivity index (χ2n) is 7.72. The van der Waals surface area contributed by atoms with Crippen LogP contribution in [0.3, 0.4) is 0 Å². The maximum Gasteiger partial charge on any atom is 0.407 e. The summed E-state index contributed by atoms with van der Waals surface area (Å²) in [5.41, 5.74) is 4.48. The van der Waals surface area contributed by atoms with Gasteiger partial charge in [0, 0.05) is 13.0 Å². The first-order chi connectivity index (χ1) is 16.5. The molecule has 0 radical (unpaired) electrons. The van der Waals surface area contributed by atoms with Crippen LogP contribution in [0, 0.1) is 0 Å². The molecule has 3 aromatic rings. The van der Waals surface area contributed by atoms with Crippen molar-refractivity contribution in [3.63, 3.8) is 0 Å². The number of aromatic carboxylic acids is 1. The Balaban J connectivity index is 1.27. The van der Waals surface area contributed by atoms with Crippen molar-refractivity contribution in [2.45, 2.75) is 18.6 Å². The lowest BCUT2D eigenvalue weighted by molar-refractivity contribution is -0.130. The van der Waals surface area contributed by atoms with Gasteiger partial charge in [0.1, 0.15) is 12.4 Å². The standard InChI is InChI=1S/C25H24N2O7/c1-32-22(23(28)26-12-15-10-11-21(34-15)24(29)30)13-27-25(31)33-14-20-18-8-4-2-6-16(18)17-7-3-5-9-19(17)20/h2-11,20,22H,12-14H2,1H3,(H,26,28)(H,27,31)(H,29,30). The van der Waals surface area contributed by atoms with Crippen LogP contribution in [-0.4, -0.2) is 49.4 Å². The Morgan fingerprint density at radius 2 is 1.62 bits per heavy atom. The summed E-state index contributed by atoms with van der Waals surface area (Å²) in [5.74, 6) is -1.69. The number of carbonyl (C=O) groups excluding carboxylic acids is 2. The highest BCUT2D eigenvalue weighted by atomic mass is 16.5. The molecule has 2 aromatic carbocycles. The number of carbonyl (C=O) groups is 3. The van der Waals surface area contributed by atoms with E-state index in [0.717, 1.165) is 22.3 Å². The third kappa shape index (κ3) is 4.94. The van der Waals surface area contributed by atoms with Crippen LogP contribution in [0.15, 0.2) is 65.1 Å². The lowest BCUT2D eigenvalue weighted by atomic mass is 9.98. The lowest BCUT2D eigenvalue weighted by Crippen LogP contribution is -2.43. The van der Waals surface area contributed by atoms with Gasteiger partial charge in [-0.05, 0) is 34.4 Å². The number of hydrogen-bond acceptors (Lipinski definition) is 6. The van der Waals surface area contributed by atoms with Crippen molar-refractivity contribution in [3.8, 4) is 11.1 Å². The molecule has 34 heavy (non-hydrogen) atoms. The predicted molar refractivity (Wildman–Crippen MR) is 121 cm³/mol. The van der Waals surface area contributed by atoms with Crippen LogP contribution >= 0.6 is 0 Å². The molecule has 0 aliphatic heterocycles. The molecular weight excluding hydrogens is 440 g/mol. The summed E-state index contributed by atoms with van der Waals surface area (Å²) in [4.78, 5) is 35.5. The first kappa shape index (κ1) is 23.1. The fraction of sp³-hybridized carbons (Fsp3) is 0.240. The topological polar surface area (TPSA) is 127 Å². The van der Waals surface area contributed by atoms with Gasteiger partial charge in [-0.1, -0.05) is 48.5 Å². The third-order valence-electron chi connectivity index (χ3n) is 5.66. The first-order valence-electron chi connectivity index (χ1n) is 10.7. The van der Waals surface area contributed by atoms with Crippen LogP contribution in [0.25, 0.3) is 11.1 Å². The number of amides is 2. The normalized spacial score (nSPS) is 13.0. The van der Waals surface area contributed by atoms with E-state index in [0.29, 0.717) is 0 Å². The van der Waals surface area contributed by atoms with Crippen LogP contribution in [0.1, 0.15) is 33.4 Å². The quantitative estimate of drug-likeness (QED) is 0.444. The van der Waals surface area contributed by atoms with E-state index in [9.17, 15) is 14.4 Å². The number of alkyl carbamates (subject to hydrolysis) is 1. The average molecular weight is 464 g/mol. The number of carboxylic acids is 1. The van der Waals surface area contributed by atoms with Crippen LogP contribution in [0.5, 0.6) is 0 Å². The van der Waals surface area contributed by atoms with Gasteiger partial charge in [0.15, 0.2) is 6.10 Å². The van der Waals surface area contributed by atoms with Crippen LogP contribution < -0.4 is 10.6 Å². The van der Waals surface area contributed by atoms with E-state index in [2.05, 4.69) is 22.8 Å². The molecule has 176 valence electrons. The van der Waals surface area contributed by atoms with Gasteiger partial charge in [0.05, 0.1) is 13.1 Å². The van der Waals surface area contributed by atoms with E-state index in [1.807, 2.05) is 36.4 Å². The second kappa shape index (κ2) is 10.2. The van der Waals surface area contributed by atoms with Crippen LogP contribution in [-0.2, 0) is 20.8 Å². The highest BCUT2D eigenvalue weighted by molar-refractivity contribution is 5.84. The molecule has 1 aromatic heterocycles. The highest BCUT2D eigenvalue weighted by Crippen LogP contribution is 2.44. The van der Waals surface area contributed by atoms with Gasteiger partial charge in [0.2, 0.25) is 5.76 Å². The summed E-state index contributed by atoms with van der Waals surface area (Å²) in [5, 5.41) is 14.0. The number of furan rings is 1. The van der Waals surface area contributed by atoms with Crippen molar-refractivity contribution in [3.05, 3.63) is 83.3 Å². The Kier molecular flexibility index (Phi) is 6.93. The van der Waals surface area contributed by atoms with Crippen molar-refractivity contribution in [1.82, 2.24) is 10.6 Å². The molecule has 1 unspecified atom stereocenters. The zero-order chi connectivity index (χ0) is 24.1. The first-order valence-corrected chi connectivity index (χ1v) is 10.7. The molecule has 1 atom stereocenters. The fourth-order valence-electron chi connectivity index (χ4n) is 3.98. The minimum atomic E-state index is -1.19. The highest BCUT2D eigenvalue weighted by Gasteiger charge is 2.29. The van der Waals surface area contributed by atoms with E-state index in [1.54, 1.807) is 0 Å². The monoisotopic (exact) mass is 464 g/mol. The minimum absolute atomic E-state index is 0.0169. The maximum atomic E-state index is 12.4. The number of fused-ring (bicyclic) bond motifs is 3. The second-order valence-corrected chi connectivity index (χ2v) is 7.72. The van der Waals surface area contributed by atoms with Crippen molar-refractivity contribution in [2.75, 3.05) is 20.3 Å². The number of hydrogen-bond donors (Lipinski definition) is 3. The zero-order valence-electron chi connectivity index (χ0n) is 18.4. The number of rotatable bonds is 9. The van der Waals surface area contributed by atoms with Crippen LogP contribution in [0.4, 0.5) is 4.79 Å². The summed E-state index contributed by atoms with van der Waals surface area (Å²) in [6, 6.07) is 18.8. The van der Waals surface area contributed by atoms with E-state index >= 15 is 0 Å². The van der Waals surface area contributed by atoms with Gasteiger partial charge in [-0.2, -0.15) is 0 Å². The van der Waals surface area contributed by atoms with Gasteiger partial charge >= 0.3 is 12.1 Å². The third-order valence-corrected chi connectivity index (χ3v) is 5.66. The molecule has 0 saturated heterocycles. The zero-order valence-corrected chi connectivity index (χ0v) is 18.4. The SMILES string of the molecule is COC(CNC(=O)OCC1c2ccccc2-c2ccccc21)C(=O)NCc1ccc(C(=O)O)o1. The molecule has 1 aliphatic rings. The van der Waals surface area contributed by atoms with Gasteiger partial charge in [-0.15, -0.1) is 0 Å². The number of methoxy groups -OCH3 is 1. The summed E-state index contributed by atoms with van der Waals surface area (Å²) >= 11 is 0. The van der Waals surface area contributed by atoms with Gasteiger partial charge in [-0.25, -0.2) is 9.59 Å².